The van der Waals surface area contributed by atoms with Crippen molar-refractivity contribution in [2.75, 3.05) is 0 Å². The molecule has 0 radical (unpaired) electrons. The van der Waals surface area contributed by atoms with Gasteiger partial charge in [-0.2, -0.15) is 0 Å². The monoisotopic (exact) mass is 768 g/mol. The average molecular weight is 769 g/mol. The van der Waals surface area contributed by atoms with Gasteiger partial charge < -0.3 is 4.57 Å². The third-order valence-corrected chi connectivity index (χ3v) is 13.8. The molecule has 11 aromatic rings. The number of hydrogen-bond acceptors (Lipinski definition) is 2. The SMILES string of the molecule is CC1CC=Cc2c1c1ccccc1c1nc(-n3c4ccc(-c5ccc6c(c5)c5ccccc5n6-c5ccccc5)cc4c4cc5c(cc43)C(C)(C)c3ccccc3-5)cnc21. The molecule has 2 aliphatic carbocycles. The molecule has 0 bridgehead atoms. The van der Waals surface area contributed by atoms with Crippen LogP contribution in [0.4, 0.5) is 0 Å². The van der Waals surface area contributed by atoms with Crippen LogP contribution in [0.25, 0.3) is 105 Å². The van der Waals surface area contributed by atoms with Gasteiger partial charge in [0, 0.05) is 43.6 Å². The maximum atomic E-state index is 5.58. The maximum Gasteiger partial charge on any atom is 0.156 e. The van der Waals surface area contributed by atoms with Crippen LogP contribution in [0.2, 0.25) is 0 Å². The zero-order chi connectivity index (χ0) is 39.9. The Labute approximate surface area is 347 Å². The van der Waals surface area contributed by atoms with E-state index in [9.17, 15) is 0 Å². The van der Waals surface area contributed by atoms with Crippen molar-refractivity contribution in [1.29, 1.82) is 0 Å². The molecule has 0 fully saturated rings. The predicted molar refractivity (Wildman–Crippen MR) is 251 cm³/mol. The number of nitrogens with zero attached hydrogens (tertiary/aromatic N) is 4. The van der Waals surface area contributed by atoms with E-state index in [4.69, 9.17) is 9.97 Å². The van der Waals surface area contributed by atoms with Gasteiger partial charge >= 0.3 is 0 Å². The largest absolute Gasteiger partial charge is 0.309 e. The smallest absolute Gasteiger partial charge is 0.156 e. The van der Waals surface area contributed by atoms with Crippen LogP contribution >= 0.6 is 0 Å². The summed E-state index contributed by atoms with van der Waals surface area (Å²) in [5.74, 6) is 1.25. The van der Waals surface area contributed by atoms with Crippen LogP contribution in [0.1, 0.15) is 55.4 Å². The van der Waals surface area contributed by atoms with E-state index in [-0.39, 0.29) is 5.41 Å². The predicted octanol–water partition coefficient (Wildman–Crippen LogP) is 14.5. The van der Waals surface area contributed by atoms with Crippen LogP contribution in [0, 0.1) is 0 Å². The van der Waals surface area contributed by atoms with Crippen LogP contribution in [-0.2, 0) is 5.41 Å². The Balaban J connectivity index is 1.07. The first-order chi connectivity index (χ1) is 29.4. The van der Waals surface area contributed by atoms with Gasteiger partial charge in [0.05, 0.1) is 39.3 Å². The first-order valence-corrected chi connectivity index (χ1v) is 21.1. The number of para-hydroxylation sites is 2. The summed E-state index contributed by atoms with van der Waals surface area (Å²) in [6, 6.07) is 56.0. The minimum absolute atomic E-state index is 0.145. The fourth-order valence-electron chi connectivity index (χ4n) is 10.9. The van der Waals surface area contributed by atoms with Crippen molar-refractivity contribution in [1.82, 2.24) is 19.1 Å². The molecule has 0 amide bonds. The van der Waals surface area contributed by atoms with E-state index in [1.807, 2.05) is 6.20 Å². The van der Waals surface area contributed by atoms with Gasteiger partial charge in [-0.25, -0.2) is 4.98 Å². The lowest BCUT2D eigenvalue weighted by Gasteiger charge is -2.22. The van der Waals surface area contributed by atoms with Crippen LogP contribution in [-0.4, -0.2) is 19.1 Å². The second-order valence-electron chi connectivity index (χ2n) is 17.4. The summed E-state index contributed by atoms with van der Waals surface area (Å²) in [6.45, 7) is 7.05. The van der Waals surface area contributed by atoms with Crippen molar-refractivity contribution < 1.29 is 0 Å². The van der Waals surface area contributed by atoms with E-state index in [0.29, 0.717) is 5.92 Å². The van der Waals surface area contributed by atoms with Gasteiger partial charge in [0.1, 0.15) is 0 Å². The molecule has 0 spiro atoms. The van der Waals surface area contributed by atoms with E-state index in [2.05, 4.69) is 194 Å². The van der Waals surface area contributed by atoms with Crippen LogP contribution in [0.15, 0.2) is 164 Å². The fraction of sp³-hybridized carbons (Fsp3) is 0.107. The van der Waals surface area contributed by atoms with Crippen LogP contribution in [0.3, 0.4) is 0 Å². The van der Waals surface area contributed by atoms with Gasteiger partial charge in [-0.15, -0.1) is 0 Å². The molecule has 284 valence electrons. The topological polar surface area (TPSA) is 35.6 Å². The van der Waals surface area contributed by atoms with E-state index in [0.717, 1.165) is 39.7 Å². The average Bonchev–Trinajstić information content (AvgIpc) is 3.88. The lowest BCUT2D eigenvalue weighted by Crippen LogP contribution is -2.15. The number of benzene rings is 8. The van der Waals surface area contributed by atoms with Crippen molar-refractivity contribution in [3.63, 3.8) is 0 Å². The number of aromatic nitrogens is 4. The Hall–Kier alpha value is -7.30. The highest BCUT2D eigenvalue weighted by Crippen LogP contribution is 2.51. The second kappa shape index (κ2) is 12.1. The minimum atomic E-state index is -0.145. The molecule has 1 unspecified atom stereocenters. The standard InChI is InChI=1S/C56H40N4/c1-33-14-13-21-41-53(33)39-19-7-8-20-40(39)55-54(41)57-32-52(58-55)60-50-27-25-35(29-44(50)45-30-42-37-17-9-11-22-46(37)56(2,3)47(42)31-51(45)60)34-24-26-49-43(28-34)38-18-10-12-23-48(38)59(49)36-15-5-4-6-16-36/h4-13,15-33H,14H2,1-3H3. The van der Waals surface area contributed by atoms with E-state index >= 15 is 0 Å². The number of fused-ring (bicyclic) bond motifs is 15. The number of hydrogen-bond donors (Lipinski definition) is 0. The molecule has 13 rings (SSSR count). The summed E-state index contributed by atoms with van der Waals surface area (Å²) >= 11 is 0. The van der Waals surface area contributed by atoms with E-state index in [1.165, 1.54) is 88.2 Å². The molecular weight excluding hydrogens is 729 g/mol. The van der Waals surface area contributed by atoms with Gasteiger partial charge in [0.15, 0.2) is 5.82 Å². The molecule has 1 atom stereocenters. The van der Waals surface area contributed by atoms with Crippen molar-refractivity contribution in [3.8, 4) is 33.8 Å². The Morgan fingerprint density at radius 3 is 2.00 bits per heavy atom. The van der Waals surface area contributed by atoms with Crippen molar-refractivity contribution >= 4 is 71.5 Å². The maximum absolute atomic E-state index is 5.58. The van der Waals surface area contributed by atoms with Crippen LogP contribution in [0.5, 0.6) is 0 Å². The summed E-state index contributed by atoms with van der Waals surface area (Å²) in [6.07, 6.45) is 7.59. The lowest BCUT2D eigenvalue weighted by molar-refractivity contribution is 0.661. The second-order valence-corrected chi connectivity index (χ2v) is 17.4. The molecule has 0 saturated carbocycles. The molecule has 4 heteroatoms. The van der Waals surface area contributed by atoms with E-state index < -0.39 is 0 Å². The third kappa shape index (κ3) is 4.51. The van der Waals surface area contributed by atoms with Crippen molar-refractivity contribution in [2.24, 2.45) is 0 Å². The molecule has 2 aliphatic rings. The molecule has 3 heterocycles. The van der Waals surface area contributed by atoms with Gasteiger partial charge in [-0.1, -0.05) is 130 Å². The molecule has 4 nitrogen and oxygen atoms in total. The van der Waals surface area contributed by atoms with Gasteiger partial charge in [0.2, 0.25) is 0 Å². The molecule has 8 aromatic carbocycles. The fourth-order valence-corrected chi connectivity index (χ4v) is 10.9. The minimum Gasteiger partial charge on any atom is -0.309 e. The first kappa shape index (κ1) is 33.6. The summed E-state index contributed by atoms with van der Waals surface area (Å²) in [5.41, 5.74) is 17.9. The molecule has 0 saturated heterocycles. The molecular formula is C56H40N4. The molecule has 60 heavy (non-hydrogen) atoms. The Bertz CT molecular complexity index is 3670. The molecule has 0 N–H and O–H groups in total. The van der Waals surface area contributed by atoms with Crippen molar-refractivity contribution in [3.05, 3.63) is 186 Å². The molecule has 0 aliphatic heterocycles. The third-order valence-electron chi connectivity index (χ3n) is 13.8. The number of allylic oxidation sites excluding steroid dienone is 1. The zero-order valence-electron chi connectivity index (χ0n) is 33.7. The number of rotatable bonds is 3. The Kier molecular flexibility index (Phi) is 6.80. The van der Waals surface area contributed by atoms with Gasteiger partial charge in [-0.3, -0.25) is 9.55 Å². The normalized spacial score (nSPS) is 15.4. The van der Waals surface area contributed by atoms with Gasteiger partial charge in [-0.05, 0) is 111 Å². The zero-order valence-corrected chi connectivity index (χ0v) is 33.7. The quantitative estimate of drug-likeness (QED) is 0.168. The summed E-state index contributed by atoms with van der Waals surface area (Å²) in [5, 5.41) is 7.35. The highest BCUT2D eigenvalue weighted by atomic mass is 15.1. The van der Waals surface area contributed by atoms with E-state index in [1.54, 1.807) is 0 Å². The summed E-state index contributed by atoms with van der Waals surface area (Å²) in [7, 11) is 0. The van der Waals surface area contributed by atoms with Crippen LogP contribution < -0.4 is 0 Å². The first-order valence-electron chi connectivity index (χ1n) is 21.1. The highest BCUT2D eigenvalue weighted by molar-refractivity contribution is 6.15. The Morgan fingerprint density at radius 1 is 0.533 bits per heavy atom. The summed E-state index contributed by atoms with van der Waals surface area (Å²) < 4.78 is 4.75. The highest BCUT2D eigenvalue weighted by Gasteiger charge is 2.36. The lowest BCUT2D eigenvalue weighted by atomic mass is 9.82. The van der Waals surface area contributed by atoms with Crippen molar-refractivity contribution in [2.45, 2.75) is 38.5 Å². The Morgan fingerprint density at radius 2 is 1.18 bits per heavy atom. The molecule has 3 aromatic heterocycles. The van der Waals surface area contributed by atoms with Gasteiger partial charge in [0.25, 0.3) is 0 Å². The summed E-state index contributed by atoms with van der Waals surface area (Å²) in [4.78, 5) is 10.9.